The van der Waals surface area contributed by atoms with Crippen LogP contribution < -0.4 is 0 Å². The first-order valence-electron chi connectivity index (χ1n) is 20.2. The Morgan fingerprint density at radius 1 is 0.447 bits per heavy atom. The summed E-state index contributed by atoms with van der Waals surface area (Å²) in [5, 5.41) is 0.693. The Hall–Kier alpha value is -5.08. The van der Waals surface area contributed by atoms with Crippen molar-refractivity contribution in [2.75, 3.05) is 0 Å². The zero-order chi connectivity index (χ0) is 39.8. The first-order valence-corrected chi connectivity index (χ1v) is 11.7. The van der Waals surface area contributed by atoms with Gasteiger partial charge in [-0.1, -0.05) is 109 Å². The Labute approximate surface area is 244 Å². The molecule has 2 heterocycles. The zero-order valence-corrected chi connectivity index (χ0v) is 19.4. The summed E-state index contributed by atoms with van der Waals surface area (Å²) in [6, 6.07) is 0.817. The number of nitrogens with zero attached hydrogens (tertiary/aromatic N) is 2. The molecule has 0 unspecified atom stereocenters. The van der Waals surface area contributed by atoms with Gasteiger partial charge in [0.1, 0.15) is 0 Å². The smallest absolute Gasteiger partial charge is 0.0782 e. The molecule has 0 aliphatic rings. The summed E-state index contributed by atoms with van der Waals surface area (Å²) in [5.74, 6) is 0. The normalized spacial score (nSPS) is 17.9. The summed E-state index contributed by atoms with van der Waals surface area (Å²) in [6.07, 6.45) is 0. The number of rotatable bonds is 3. The molecule has 2 heteroatoms. The maximum absolute atomic E-state index is 9.52. The number of hydrogen-bond acceptors (Lipinski definition) is 0. The lowest BCUT2D eigenvalue weighted by Gasteiger charge is -2.15. The van der Waals surface area contributed by atoms with Crippen molar-refractivity contribution in [2.24, 2.45) is 0 Å². The summed E-state index contributed by atoms with van der Waals surface area (Å²) in [4.78, 5) is 0. The van der Waals surface area contributed by atoms with E-state index in [1.54, 1.807) is 42.5 Å². The van der Waals surface area contributed by atoms with Crippen molar-refractivity contribution in [3.8, 4) is 22.5 Å². The van der Waals surface area contributed by atoms with Crippen LogP contribution in [0.2, 0.25) is 0 Å². The van der Waals surface area contributed by atoms with Gasteiger partial charge in [-0.2, -0.15) is 0 Å². The first-order chi connectivity index (χ1) is 25.9. The molecule has 2 aromatic heterocycles. The fourth-order valence-corrected chi connectivity index (χ4v) is 5.02. The van der Waals surface area contributed by atoms with Crippen molar-refractivity contribution in [1.82, 2.24) is 9.13 Å². The predicted octanol–water partition coefficient (Wildman–Crippen LogP) is 9.55. The molecule has 8 rings (SSSR count). The lowest BCUT2D eigenvalue weighted by Crippen LogP contribution is -2.00. The van der Waals surface area contributed by atoms with Crippen LogP contribution in [0.4, 0.5) is 0 Å². The molecule has 0 radical (unpaired) electrons. The first kappa shape index (κ1) is 10.4. The molecule has 8 aromatic rings. The van der Waals surface area contributed by atoms with Crippen molar-refractivity contribution in [3.63, 3.8) is 0 Å². The lowest BCUT2D eigenvalue weighted by molar-refractivity contribution is 1.13. The van der Waals surface area contributed by atoms with E-state index in [-0.39, 0.29) is 38.7 Å². The number of aromatic nitrogens is 2. The van der Waals surface area contributed by atoms with E-state index < -0.39 is 114 Å². The van der Waals surface area contributed by atoms with Gasteiger partial charge in [-0.15, -0.1) is 0 Å². The van der Waals surface area contributed by atoms with Gasteiger partial charge in [0.05, 0.1) is 51.1 Å². The molecule has 2 nitrogen and oxygen atoms in total. The van der Waals surface area contributed by atoms with Crippen LogP contribution >= 0.6 is 0 Å². The quantitative estimate of drug-likeness (QED) is 0.228. The van der Waals surface area contributed by atoms with E-state index in [9.17, 15) is 2.74 Å². The summed E-state index contributed by atoms with van der Waals surface area (Å²) in [6.45, 7) is 0. The van der Waals surface area contributed by atoms with Crippen LogP contribution in [-0.4, -0.2) is 9.13 Å². The van der Waals surface area contributed by atoms with Gasteiger partial charge >= 0.3 is 0 Å². The molecule has 6 aromatic carbocycles. The minimum Gasteiger partial charge on any atom is -0.307 e. The molecule has 0 atom stereocenters. The van der Waals surface area contributed by atoms with Crippen LogP contribution in [0.5, 0.6) is 0 Å². The molecule has 0 amide bonds. The van der Waals surface area contributed by atoms with Crippen LogP contribution in [0.3, 0.4) is 0 Å². The summed E-state index contributed by atoms with van der Waals surface area (Å²) < 4.78 is 151. The number of benzene rings is 6. The highest BCUT2D eigenvalue weighted by Gasteiger charge is 2.19. The molecule has 0 saturated carbocycles. The second kappa shape index (κ2) is 8.22. The summed E-state index contributed by atoms with van der Waals surface area (Å²) in [7, 11) is 0. The Morgan fingerprint density at radius 3 is 1.89 bits per heavy atom. The maximum Gasteiger partial charge on any atom is 0.0782 e. The van der Waals surface area contributed by atoms with Crippen molar-refractivity contribution in [2.45, 2.75) is 0 Å². The highest BCUT2D eigenvalue weighted by molar-refractivity contribution is 6.15. The van der Waals surface area contributed by atoms with E-state index in [4.69, 9.17) is 20.6 Å². The third-order valence-corrected chi connectivity index (χ3v) is 6.53. The Balaban J connectivity index is 1.65. The molecule has 178 valence electrons. The molecule has 0 saturated heterocycles. The van der Waals surface area contributed by atoms with E-state index in [0.717, 1.165) is 0 Å². The van der Waals surface area contributed by atoms with Crippen molar-refractivity contribution >= 4 is 43.6 Å². The van der Waals surface area contributed by atoms with Gasteiger partial charge in [-0.05, 0) is 47.4 Å². The predicted molar refractivity (Wildman–Crippen MR) is 161 cm³/mol. The van der Waals surface area contributed by atoms with Crippen LogP contribution in [0, 0.1) is 0 Å². The second-order valence-corrected chi connectivity index (χ2v) is 8.53. The lowest BCUT2D eigenvalue weighted by atomic mass is 10.1. The monoisotopic (exact) mass is 501 g/mol. The molecule has 0 bridgehead atoms. The Bertz CT molecular complexity index is 2970. The van der Waals surface area contributed by atoms with Crippen molar-refractivity contribution < 1.29 is 23.3 Å². The van der Waals surface area contributed by atoms with Crippen molar-refractivity contribution in [1.29, 1.82) is 0 Å². The van der Waals surface area contributed by atoms with Crippen LogP contribution in [-0.2, 0) is 0 Å². The topological polar surface area (TPSA) is 9.86 Å². The maximum atomic E-state index is 9.52. The van der Waals surface area contributed by atoms with Gasteiger partial charge in [0.15, 0.2) is 0 Å². The van der Waals surface area contributed by atoms with Gasteiger partial charge in [-0.25, -0.2) is 0 Å². The summed E-state index contributed by atoms with van der Waals surface area (Å²) >= 11 is 0. The van der Waals surface area contributed by atoms with E-state index >= 15 is 0 Å². The van der Waals surface area contributed by atoms with Gasteiger partial charge in [0.25, 0.3) is 0 Å². The molecule has 0 N–H and O–H groups in total. The van der Waals surface area contributed by atoms with Crippen molar-refractivity contribution in [3.05, 3.63) is 145 Å². The molecule has 0 aliphatic heterocycles. The SMILES string of the molecule is [2H]c1c([2H])c([2H])c(-c2c([2H])c([2H])c([2H])c(-n3c4ccccc4c4cccc(-n5c6c([2H])c([2H])c([2H])c([2H])c6c6c([2H])c([2H])c([2H])c([2H])c65)c43)c2[2H])c([2H])c1[2H]. The zero-order valence-electron chi connectivity index (χ0n) is 36.4. The van der Waals surface area contributed by atoms with Crippen LogP contribution in [0.15, 0.2) is 145 Å². The highest BCUT2D eigenvalue weighted by atomic mass is 15.1. The molecule has 38 heavy (non-hydrogen) atoms. The minimum absolute atomic E-state index is 0.105. The largest absolute Gasteiger partial charge is 0.307 e. The average molecular weight is 502 g/mol. The van der Waals surface area contributed by atoms with E-state index in [2.05, 4.69) is 0 Å². The van der Waals surface area contributed by atoms with Crippen LogP contribution in [0.1, 0.15) is 23.3 Å². The second-order valence-electron chi connectivity index (χ2n) is 8.53. The van der Waals surface area contributed by atoms with E-state index in [1.165, 1.54) is 9.13 Å². The third-order valence-electron chi connectivity index (χ3n) is 6.53. The minimum atomic E-state index is -0.725. The molecular formula is C36H24N2. The molecule has 0 fully saturated rings. The molecule has 0 aliphatic carbocycles. The van der Waals surface area contributed by atoms with Gasteiger partial charge in [0.2, 0.25) is 0 Å². The third kappa shape index (κ3) is 3.01. The van der Waals surface area contributed by atoms with Gasteiger partial charge < -0.3 is 9.13 Å². The average Bonchev–Trinajstić information content (AvgIpc) is 3.71. The number of fused-ring (bicyclic) bond motifs is 6. The van der Waals surface area contributed by atoms with E-state index in [0.29, 0.717) is 16.3 Å². The van der Waals surface area contributed by atoms with Gasteiger partial charge in [-0.3, -0.25) is 0 Å². The fraction of sp³-hybridized carbons (Fsp3) is 0. The van der Waals surface area contributed by atoms with Crippen LogP contribution in [0.25, 0.3) is 66.1 Å². The number of para-hydroxylation sites is 4. The van der Waals surface area contributed by atoms with E-state index in [1.807, 2.05) is 0 Å². The summed E-state index contributed by atoms with van der Waals surface area (Å²) in [5.41, 5.74) is -1.01. The fourth-order valence-electron chi connectivity index (χ4n) is 5.02. The standard InChI is InChI=1S/C36H24N2/c1-2-12-25(13-3-1)26-14-10-15-27(24-26)37-32-20-7-6-18-30(32)31-19-11-23-35(36(31)37)38-33-21-8-4-16-28(33)29-17-5-9-22-34(29)38/h1-24H/i1D,2D,3D,4D,5D,8D,9D,10D,12D,13D,14D,15D,16D,17D,21D,22D,24D. The van der Waals surface area contributed by atoms with Gasteiger partial charge in [0, 0.05) is 27.2 Å². The highest BCUT2D eigenvalue weighted by Crippen LogP contribution is 2.39. The molecule has 0 spiro atoms. The Kier molecular flexibility index (Phi) is 2.24. The molecular weight excluding hydrogens is 460 g/mol. The number of hydrogen-bond donors (Lipinski definition) is 0. The Morgan fingerprint density at radius 2 is 1.11 bits per heavy atom.